The number of carbonyl (C=O) groups is 1. The van der Waals surface area contributed by atoms with E-state index in [4.69, 9.17) is 5.73 Å². The fraction of sp³-hybridized carbons (Fsp3) is 0.278. The fourth-order valence-corrected chi connectivity index (χ4v) is 2.17. The van der Waals surface area contributed by atoms with Gasteiger partial charge in [-0.2, -0.15) is 0 Å². The molecule has 0 spiro atoms. The molecule has 0 aliphatic carbocycles. The molecule has 2 aromatic carbocycles. The van der Waals surface area contributed by atoms with Crippen LogP contribution in [-0.4, -0.2) is 5.91 Å². The highest BCUT2D eigenvalue weighted by atomic mass is 16.2. The van der Waals surface area contributed by atoms with Crippen LogP contribution in [0.1, 0.15) is 30.5 Å². The summed E-state index contributed by atoms with van der Waals surface area (Å²) in [5.41, 5.74) is 8.33. The minimum atomic E-state index is -1.02. The number of hydrogen-bond acceptors (Lipinski definition) is 2. The molecule has 1 atom stereocenters. The first-order valence-electron chi connectivity index (χ1n) is 7.24. The van der Waals surface area contributed by atoms with Crippen molar-refractivity contribution < 1.29 is 4.79 Å². The first-order valence-corrected chi connectivity index (χ1v) is 7.24. The molecule has 3 N–H and O–H groups in total. The molecule has 2 aromatic rings. The molecule has 0 aliphatic heterocycles. The molecule has 0 aliphatic rings. The summed E-state index contributed by atoms with van der Waals surface area (Å²) in [5, 5.41) is 2.91. The fourth-order valence-electron chi connectivity index (χ4n) is 2.17. The Kier molecular flexibility index (Phi) is 4.76. The predicted molar refractivity (Wildman–Crippen MR) is 85.6 cm³/mol. The van der Waals surface area contributed by atoms with Gasteiger partial charge in [0.15, 0.2) is 0 Å². The third-order valence-corrected chi connectivity index (χ3v) is 3.73. The Hall–Kier alpha value is -2.13. The quantitative estimate of drug-likeness (QED) is 0.886. The molecule has 1 unspecified atom stereocenters. The summed E-state index contributed by atoms with van der Waals surface area (Å²) in [6.45, 7) is 4.34. The van der Waals surface area contributed by atoms with Crippen LogP contribution in [0.5, 0.6) is 0 Å². The predicted octanol–water partition coefficient (Wildman–Crippen LogP) is 2.74. The third kappa shape index (κ3) is 3.70. The topological polar surface area (TPSA) is 55.1 Å². The Morgan fingerprint density at radius 3 is 2.19 bits per heavy atom. The monoisotopic (exact) mass is 282 g/mol. The lowest BCUT2D eigenvalue weighted by Crippen LogP contribution is -2.48. The summed E-state index contributed by atoms with van der Waals surface area (Å²) < 4.78 is 0. The van der Waals surface area contributed by atoms with Crippen LogP contribution >= 0.6 is 0 Å². The number of rotatable bonds is 5. The SMILES string of the molecule is CCc1ccc(CNC(=O)C(C)(N)c2ccccc2)cc1. The number of hydrogen-bond donors (Lipinski definition) is 2. The van der Waals surface area contributed by atoms with E-state index in [0.29, 0.717) is 6.54 Å². The van der Waals surface area contributed by atoms with Crippen molar-refractivity contribution in [2.24, 2.45) is 5.73 Å². The van der Waals surface area contributed by atoms with Crippen molar-refractivity contribution in [1.29, 1.82) is 0 Å². The van der Waals surface area contributed by atoms with Gasteiger partial charge in [-0.3, -0.25) is 4.79 Å². The van der Waals surface area contributed by atoms with Crippen LogP contribution in [-0.2, 0) is 23.3 Å². The Balaban J connectivity index is 2.00. The van der Waals surface area contributed by atoms with Crippen molar-refractivity contribution in [2.45, 2.75) is 32.4 Å². The molecular weight excluding hydrogens is 260 g/mol. The molecule has 1 amide bonds. The van der Waals surface area contributed by atoms with E-state index < -0.39 is 5.54 Å². The zero-order chi connectivity index (χ0) is 15.3. The van der Waals surface area contributed by atoms with Crippen LogP contribution in [0.15, 0.2) is 54.6 Å². The van der Waals surface area contributed by atoms with Crippen molar-refractivity contribution in [2.75, 3.05) is 0 Å². The van der Waals surface area contributed by atoms with Gasteiger partial charge in [-0.25, -0.2) is 0 Å². The molecular formula is C18H22N2O. The van der Waals surface area contributed by atoms with Gasteiger partial charge in [-0.15, -0.1) is 0 Å². The molecule has 0 heterocycles. The van der Waals surface area contributed by atoms with Crippen LogP contribution < -0.4 is 11.1 Å². The van der Waals surface area contributed by atoms with Gasteiger partial charge in [0.2, 0.25) is 5.91 Å². The van der Waals surface area contributed by atoms with Gasteiger partial charge in [-0.1, -0.05) is 61.5 Å². The molecule has 0 radical (unpaired) electrons. The van der Waals surface area contributed by atoms with Crippen LogP contribution in [0.25, 0.3) is 0 Å². The maximum atomic E-state index is 12.3. The number of aryl methyl sites for hydroxylation is 1. The normalized spacial score (nSPS) is 13.5. The summed E-state index contributed by atoms with van der Waals surface area (Å²) in [5.74, 6) is -0.173. The second-order valence-corrected chi connectivity index (χ2v) is 5.42. The van der Waals surface area contributed by atoms with Gasteiger partial charge in [0.05, 0.1) is 0 Å². The lowest BCUT2D eigenvalue weighted by Gasteiger charge is -2.24. The van der Waals surface area contributed by atoms with E-state index in [1.807, 2.05) is 42.5 Å². The van der Waals surface area contributed by atoms with E-state index in [0.717, 1.165) is 17.5 Å². The van der Waals surface area contributed by atoms with Crippen LogP contribution in [0.2, 0.25) is 0 Å². The van der Waals surface area contributed by atoms with Gasteiger partial charge in [0.25, 0.3) is 0 Å². The largest absolute Gasteiger partial charge is 0.350 e. The minimum absolute atomic E-state index is 0.173. The minimum Gasteiger partial charge on any atom is -0.350 e. The molecule has 0 saturated heterocycles. The molecule has 21 heavy (non-hydrogen) atoms. The highest BCUT2D eigenvalue weighted by molar-refractivity contribution is 5.86. The number of benzene rings is 2. The summed E-state index contributed by atoms with van der Waals surface area (Å²) in [4.78, 5) is 12.3. The van der Waals surface area contributed by atoms with E-state index >= 15 is 0 Å². The Labute approximate surface area is 126 Å². The van der Waals surface area contributed by atoms with Crippen molar-refractivity contribution in [3.63, 3.8) is 0 Å². The van der Waals surface area contributed by atoms with E-state index in [1.54, 1.807) is 6.92 Å². The van der Waals surface area contributed by atoms with E-state index in [9.17, 15) is 4.79 Å². The van der Waals surface area contributed by atoms with Crippen molar-refractivity contribution in [1.82, 2.24) is 5.32 Å². The molecule has 0 saturated carbocycles. The van der Waals surface area contributed by atoms with Gasteiger partial charge in [0, 0.05) is 6.54 Å². The van der Waals surface area contributed by atoms with Crippen molar-refractivity contribution in [3.05, 3.63) is 71.3 Å². The van der Waals surface area contributed by atoms with Gasteiger partial charge in [0.1, 0.15) is 5.54 Å². The third-order valence-electron chi connectivity index (χ3n) is 3.73. The zero-order valence-corrected chi connectivity index (χ0v) is 12.6. The maximum absolute atomic E-state index is 12.3. The van der Waals surface area contributed by atoms with Gasteiger partial charge < -0.3 is 11.1 Å². The summed E-state index contributed by atoms with van der Waals surface area (Å²) in [7, 11) is 0. The Morgan fingerprint density at radius 2 is 1.62 bits per heavy atom. The van der Waals surface area contributed by atoms with Gasteiger partial charge >= 0.3 is 0 Å². The summed E-state index contributed by atoms with van der Waals surface area (Å²) in [6, 6.07) is 17.7. The molecule has 3 nitrogen and oxygen atoms in total. The van der Waals surface area contributed by atoms with E-state index in [1.165, 1.54) is 5.56 Å². The maximum Gasteiger partial charge on any atom is 0.244 e. The Bertz CT molecular complexity index is 588. The summed E-state index contributed by atoms with van der Waals surface area (Å²) >= 11 is 0. The first-order chi connectivity index (χ1) is 10.0. The standard InChI is InChI=1S/C18H22N2O/c1-3-14-9-11-15(12-10-14)13-20-17(21)18(2,19)16-7-5-4-6-8-16/h4-12H,3,13,19H2,1-2H3,(H,20,21). The average molecular weight is 282 g/mol. The second kappa shape index (κ2) is 6.55. The molecule has 2 rings (SSSR count). The molecule has 3 heteroatoms. The lowest BCUT2D eigenvalue weighted by molar-refractivity contribution is -0.126. The first kappa shape index (κ1) is 15.3. The smallest absolute Gasteiger partial charge is 0.244 e. The number of nitrogens with two attached hydrogens (primary N) is 1. The highest BCUT2D eigenvalue weighted by Crippen LogP contribution is 2.17. The lowest BCUT2D eigenvalue weighted by atomic mass is 9.92. The van der Waals surface area contributed by atoms with E-state index in [-0.39, 0.29) is 5.91 Å². The number of carbonyl (C=O) groups excluding carboxylic acids is 1. The Morgan fingerprint density at radius 1 is 1.05 bits per heavy atom. The van der Waals surface area contributed by atoms with Crippen LogP contribution in [0.3, 0.4) is 0 Å². The van der Waals surface area contributed by atoms with E-state index in [2.05, 4.69) is 24.4 Å². The number of nitrogens with one attached hydrogen (secondary N) is 1. The van der Waals surface area contributed by atoms with Crippen molar-refractivity contribution >= 4 is 5.91 Å². The van der Waals surface area contributed by atoms with Crippen LogP contribution in [0, 0.1) is 0 Å². The zero-order valence-electron chi connectivity index (χ0n) is 12.6. The molecule has 0 aromatic heterocycles. The molecule has 0 bridgehead atoms. The van der Waals surface area contributed by atoms with Gasteiger partial charge in [-0.05, 0) is 30.0 Å². The van der Waals surface area contributed by atoms with Crippen LogP contribution in [0.4, 0.5) is 0 Å². The summed E-state index contributed by atoms with van der Waals surface area (Å²) in [6.07, 6.45) is 1.02. The van der Waals surface area contributed by atoms with Crippen molar-refractivity contribution in [3.8, 4) is 0 Å². The number of amides is 1. The second-order valence-electron chi connectivity index (χ2n) is 5.42. The molecule has 110 valence electrons. The molecule has 0 fully saturated rings. The highest BCUT2D eigenvalue weighted by Gasteiger charge is 2.29. The average Bonchev–Trinajstić information content (AvgIpc) is 2.53.